The lowest BCUT2D eigenvalue weighted by Crippen LogP contribution is -2.31. The van der Waals surface area contributed by atoms with Gasteiger partial charge in [-0.3, -0.25) is 14.7 Å². The Morgan fingerprint density at radius 3 is 2.40 bits per heavy atom. The van der Waals surface area contributed by atoms with E-state index in [9.17, 15) is 9.59 Å². The van der Waals surface area contributed by atoms with Crippen LogP contribution >= 0.6 is 0 Å². The van der Waals surface area contributed by atoms with Crippen molar-refractivity contribution in [3.05, 3.63) is 38.6 Å². The van der Waals surface area contributed by atoms with E-state index in [2.05, 4.69) is 20.6 Å². The van der Waals surface area contributed by atoms with Crippen LogP contribution in [0.15, 0.2) is 4.79 Å². The molecule has 2 rings (SSSR count). The third-order valence-electron chi connectivity index (χ3n) is 3.32. The summed E-state index contributed by atoms with van der Waals surface area (Å²) in [6, 6.07) is 0. The van der Waals surface area contributed by atoms with Crippen LogP contribution in [0.1, 0.15) is 33.0 Å². The largest absolute Gasteiger partial charge is 0.319 e. The number of aromatic amines is 1. The Bertz CT molecular complexity index is 722. The number of carbonyl (C=O) groups is 1. The Morgan fingerprint density at radius 2 is 1.85 bits per heavy atom. The number of nitrogens with one attached hydrogen (secondary N) is 2. The minimum absolute atomic E-state index is 0.111. The van der Waals surface area contributed by atoms with Crippen LogP contribution in [-0.4, -0.2) is 25.9 Å². The van der Waals surface area contributed by atoms with Crippen molar-refractivity contribution < 1.29 is 4.79 Å². The highest BCUT2D eigenvalue weighted by Gasteiger charge is 2.19. The Kier molecular flexibility index (Phi) is 3.44. The van der Waals surface area contributed by atoms with E-state index in [1.54, 1.807) is 27.7 Å². The normalized spacial score (nSPS) is 10.7. The van der Waals surface area contributed by atoms with Crippen molar-refractivity contribution in [2.75, 3.05) is 5.32 Å². The molecule has 0 radical (unpaired) electrons. The molecule has 2 N–H and O–H groups in total. The second-order valence-electron chi connectivity index (χ2n) is 4.78. The van der Waals surface area contributed by atoms with Gasteiger partial charge in [-0.2, -0.15) is 10.2 Å². The average Bonchev–Trinajstić information content (AvgIpc) is 2.68. The highest BCUT2D eigenvalue weighted by atomic mass is 16.2. The van der Waals surface area contributed by atoms with E-state index in [1.807, 2.05) is 0 Å². The topological polar surface area (TPSA) is 92.7 Å². The number of hydrogen-bond acceptors (Lipinski definition) is 4. The molecule has 0 fully saturated rings. The number of aromatic nitrogens is 4. The fourth-order valence-corrected chi connectivity index (χ4v) is 2.03. The van der Waals surface area contributed by atoms with Gasteiger partial charge < -0.3 is 5.32 Å². The molecule has 0 aromatic carbocycles. The first kappa shape index (κ1) is 14.0. The minimum Gasteiger partial charge on any atom is -0.319 e. The SMILES string of the molecule is Cc1nn(C)c(=O)c(C(=O)Nc2c(C)n[nH]c2C)c1C. The van der Waals surface area contributed by atoms with E-state index in [-0.39, 0.29) is 5.56 Å². The highest BCUT2D eigenvalue weighted by Crippen LogP contribution is 2.17. The molecule has 0 aliphatic rings. The van der Waals surface area contributed by atoms with Crippen molar-refractivity contribution in [1.29, 1.82) is 0 Å². The first-order chi connectivity index (χ1) is 9.32. The summed E-state index contributed by atoms with van der Waals surface area (Å²) in [6.45, 7) is 7.06. The van der Waals surface area contributed by atoms with Crippen molar-refractivity contribution in [3.8, 4) is 0 Å². The molecular formula is C13H17N5O2. The van der Waals surface area contributed by atoms with Crippen molar-refractivity contribution in [2.24, 2.45) is 7.05 Å². The molecule has 0 unspecified atom stereocenters. The maximum Gasteiger partial charge on any atom is 0.279 e. The molecule has 106 valence electrons. The van der Waals surface area contributed by atoms with Crippen molar-refractivity contribution in [3.63, 3.8) is 0 Å². The van der Waals surface area contributed by atoms with Crippen LogP contribution in [0, 0.1) is 27.7 Å². The van der Waals surface area contributed by atoms with Gasteiger partial charge in [0.15, 0.2) is 0 Å². The summed E-state index contributed by atoms with van der Waals surface area (Å²) in [5, 5.41) is 13.6. The summed E-state index contributed by atoms with van der Waals surface area (Å²) in [7, 11) is 1.53. The Labute approximate surface area is 116 Å². The average molecular weight is 275 g/mol. The van der Waals surface area contributed by atoms with Gasteiger partial charge in [0.1, 0.15) is 5.56 Å². The van der Waals surface area contributed by atoms with Crippen LogP contribution in [0.5, 0.6) is 0 Å². The molecule has 2 heterocycles. The predicted molar refractivity (Wildman–Crippen MR) is 75.0 cm³/mol. The summed E-state index contributed by atoms with van der Waals surface area (Å²) in [4.78, 5) is 24.5. The second kappa shape index (κ2) is 4.92. The number of rotatable bonds is 2. The number of H-pyrrole nitrogens is 1. The first-order valence-electron chi connectivity index (χ1n) is 6.20. The summed E-state index contributed by atoms with van der Waals surface area (Å²) in [5.74, 6) is -0.443. The zero-order chi connectivity index (χ0) is 15.0. The van der Waals surface area contributed by atoms with Gasteiger partial charge in [-0.25, -0.2) is 4.68 Å². The van der Waals surface area contributed by atoms with Gasteiger partial charge in [-0.1, -0.05) is 0 Å². The van der Waals surface area contributed by atoms with E-state index in [0.717, 1.165) is 5.69 Å². The molecule has 7 heteroatoms. The van der Waals surface area contributed by atoms with Crippen LogP contribution < -0.4 is 10.9 Å². The third-order valence-corrected chi connectivity index (χ3v) is 3.32. The van der Waals surface area contributed by atoms with Crippen molar-refractivity contribution in [1.82, 2.24) is 20.0 Å². The standard InChI is InChI=1S/C13H17N5O2/c1-6-7(2)17-18(5)13(20)10(6)12(19)14-11-8(3)15-16-9(11)4/h1-5H3,(H,14,19)(H,15,16). The quantitative estimate of drug-likeness (QED) is 0.854. The van der Waals surface area contributed by atoms with Crippen LogP contribution in [0.4, 0.5) is 5.69 Å². The maximum atomic E-state index is 12.4. The molecule has 0 aliphatic carbocycles. The number of aryl methyl sites for hydroxylation is 4. The van der Waals surface area contributed by atoms with Crippen LogP contribution in [0.25, 0.3) is 0 Å². The molecule has 0 spiro atoms. The molecule has 2 aromatic heterocycles. The summed E-state index contributed by atoms with van der Waals surface area (Å²) < 4.78 is 1.17. The van der Waals surface area contributed by atoms with Crippen LogP contribution in [-0.2, 0) is 7.05 Å². The fraction of sp³-hybridized carbons (Fsp3) is 0.385. The monoisotopic (exact) mass is 275 g/mol. The van der Waals surface area contributed by atoms with Gasteiger partial charge in [0.2, 0.25) is 0 Å². The van der Waals surface area contributed by atoms with Gasteiger partial charge in [-0.05, 0) is 33.3 Å². The third kappa shape index (κ3) is 2.22. The van der Waals surface area contributed by atoms with Crippen molar-refractivity contribution in [2.45, 2.75) is 27.7 Å². The van der Waals surface area contributed by atoms with E-state index in [0.29, 0.717) is 22.6 Å². The van der Waals surface area contributed by atoms with Crippen molar-refractivity contribution >= 4 is 11.6 Å². The van der Waals surface area contributed by atoms with Gasteiger partial charge in [0.05, 0.1) is 22.8 Å². The molecule has 0 aliphatic heterocycles. The molecule has 20 heavy (non-hydrogen) atoms. The van der Waals surface area contributed by atoms with Gasteiger partial charge in [0, 0.05) is 7.05 Å². The molecule has 0 bridgehead atoms. The smallest absolute Gasteiger partial charge is 0.279 e. The zero-order valence-corrected chi connectivity index (χ0v) is 12.2. The lowest BCUT2D eigenvalue weighted by molar-refractivity contribution is 0.102. The Balaban J connectivity index is 2.48. The molecule has 0 atom stereocenters. The van der Waals surface area contributed by atoms with Gasteiger partial charge >= 0.3 is 0 Å². The number of anilines is 1. The number of hydrogen-bond donors (Lipinski definition) is 2. The summed E-state index contributed by atoms with van der Waals surface area (Å²) in [5.41, 5.74) is 2.96. The van der Waals surface area contributed by atoms with Crippen LogP contribution in [0.2, 0.25) is 0 Å². The first-order valence-corrected chi connectivity index (χ1v) is 6.20. The van der Waals surface area contributed by atoms with E-state index >= 15 is 0 Å². The fourth-order valence-electron chi connectivity index (χ4n) is 2.03. The van der Waals surface area contributed by atoms with Crippen LogP contribution in [0.3, 0.4) is 0 Å². The summed E-state index contributed by atoms with van der Waals surface area (Å²) in [6.07, 6.45) is 0. The molecule has 2 aromatic rings. The lowest BCUT2D eigenvalue weighted by Gasteiger charge is -2.10. The molecular weight excluding hydrogens is 258 g/mol. The molecule has 7 nitrogen and oxygen atoms in total. The lowest BCUT2D eigenvalue weighted by atomic mass is 10.1. The number of nitrogens with zero attached hydrogens (tertiary/aromatic N) is 3. The highest BCUT2D eigenvalue weighted by molar-refractivity contribution is 6.05. The maximum absolute atomic E-state index is 12.4. The Morgan fingerprint density at radius 1 is 1.20 bits per heavy atom. The zero-order valence-electron chi connectivity index (χ0n) is 12.2. The Hall–Kier alpha value is -2.44. The molecule has 0 saturated carbocycles. The minimum atomic E-state index is -0.443. The number of amides is 1. The van der Waals surface area contributed by atoms with E-state index < -0.39 is 11.5 Å². The van der Waals surface area contributed by atoms with E-state index in [4.69, 9.17) is 0 Å². The molecule has 1 amide bonds. The van der Waals surface area contributed by atoms with E-state index in [1.165, 1.54) is 11.7 Å². The second-order valence-corrected chi connectivity index (χ2v) is 4.78. The number of carbonyl (C=O) groups excluding carboxylic acids is 1. The predicted octanol–water partition coefficient (Wildman–Crippen LogP) is 0.989. The van der Waals surface area contributed by atoms with Gasteiger partial charge in [-0.15, -0.1) is 0 Å². The van der Waals surface area contributed by atoms with Gasteiger partial charge in [0.25, 0.3) is 11.5 Å². The summed E-state index contributed by atoms with van der Waals surface area (Å²) >= 11 is 0. The molecule has 0 saturated heterocycles.